The summed E-state index contributed by atoms with van der Waals surface area (Å²) in [6.07, 6.45) is 6.34. The fraction of sp³-hybridized carbons (Fsp3) is 0.333. The highest BCUT2D eigenvalue weighted by atomic mass is 79.9. The standard InChI is InChI=1S/C12H13BrFN/c1-3-7-15-12(4-2)10-8-9(13)5-6-11(10)14/h2,5-6,8,12,15H,3,7H2,1H3. The zero-order valence-corrected chi connectivity index (χ0v) is 10.1. The molecule has 1 N–H and O–H groups in total. The van der Waals surface area contributed by atoms with Gasteiger partial charge in [-0.1, -0.05) is 28.8 Å². The summed E-state index contributed by atoms with van der Waals surface area (Å²) in [4.78, 5) is 0. The van der Waals surface area contributed by atoms with Crippen LogP contribution in [0, 0.1) is 18.2 Å². The van der Waals surface area contributed by atoms with Gasteiger partial charge >= 0.3 is 0 Å². The first-order valence-corrected chi connectivity index (χ1v) is 5.62. The van der Waals surface area contributed by atoms with Crippen LogP contribution in [0.5, 0.6) is 0 Å². The molecule has 0 aliphatic heterocycles. The molecule has 1 rings (SSSR count). The van der Waals surface area contributed by atoms with Crippen LogP contribution in [0.2, 0.25) is 0 Å². The van der Waals surface area contributed by atoms with Gasteiger partial charge in [-0.2, -0.15) is 0 Å². The fourth-order valence-corrected chi connectivity index (χ4v) is 1.66. The molecule has 0 saturated heterocycles. The van der Waals surface area contributed by atoms with Crippen molar-refractivity contribution in [1.82, 2.24) is 5.32 Å². The second-order valence-corrected chi connectivity index (χ2v) is 4.14. The molecule has 0 spiro atoms. The normalized spacial score (nSPS) is 12.1. The molecule has 1 nitrogen and oxygen atoms in total. The van der Waals surface area contributed by atoms with Gasteiger partial charge in [-0.15, -0.1) is 6.42 Å². The maximum absolute atomic E-state index is 13.5. The van der Waals surface area contributed by atoms with Crippen molar-refractivity contribution in [3.05, 3.63) is 34.1 Å². The van der Waals surface area contributed by atoms with E-state index in [2.05, 4.69) is 27.2 Å². The van der Waals surface area contributed by atoms with E-state index in [-0.39, 0.29) is 11.9 Å². The SMILES string of the molecule is C#CC(NCCC)c1cc(Br)ccc1F. The third-order valence-corrected chi connectivity index (χ3v) is 2.53. The van der Waals surface area contributed by atoms with E-state index in [1.54, 1.807) is 12.1 Å². The van der Waals surface area contributed by atoms with E-state index in [9.17, 15) is 4.39 Å². The summed E-state index contributed by atoms with van der Waals surface area (Å²) in [5, 5.41) is 3.11. The topological polar surface area (TPSA) is 12.0 Å². The van der Waals surface area contributed by atoms with Crippen molar-refractivity contribution in [2.45, 2.75) is 19.4 Å². The lowest BCUT2D eigenvalue weighted by Crippen LogP contribution is -2.21. The van der Waals surface area contributed by atoms with Crippen molar-refractivity contribution >= 4 is 15.9 Å². The summed E-state index contributed by atoms with van der Waals surface area (Å²) in [7, 11) is 0. The van der Waals surface area contributed by atoms with E-state index in [1.165, 1.54) is 6.07 Å². The molecule has 0 fully saturated rings. The largest absolute Gasteiger partial charge is 0.300 e. The van der Waals surface area contributed by atoms with Gasteiger partial charge in [-0.25, -0.2) is 4.39 Å². The molecule has 0 aliphatic rings. The van der Waals surface area contributed by atoms with Gasteiger partial charge < -0.3 is 0 Å². The highest BCUT2D eigenvalue weighted by Gasteiger charge is 2.12. The molecule has 1 atom stereocenters. The van der Waals surface area contributed by atoms with Crippen LogP contribution in [-0.4, -0.2) is 6.54 Å². The minimum absolute atomic E-state index is 0.273. The van der Waals surface area contributed by atoms with Gasteiger partial charge in [0.25, 0.3) is 0 Å². The molecular weight excluding hydrogens is 257 g/mol. The molecule has 0 aromatic heterocycles. The van der Waals surface area contributed by atoms with Crippen LogP contribution in [0.25, 0.3) is 0 Å². The maximum atomic E-state index is 13.5. The van der Waals surface area contributed by atoms with Gasteiger partial charge in [0.15, 0.2) is 0 Å². The van der Waals surface area contributed by atoms with Crippen LogP contribution in [0.3, 0.4) is 0 Å². The number of halogens is 2. The van der Waals surface area contributed by atoms with E-state index in [1.807, 2.05) is 6.92 Å². The molecule has 0 heterocycles. The van der Waals surface area contributed by atoms with E-state index in [0.29, 0.717) is 5.56 Å². The molecule has 3 heteroatoms. The smallest absolute Gasteiger partial charge is 0.129 e. The number of terminal acetylenes is 1. The summed E-state index contributed by atoms with van der Waals surface area (Å²) in [5.41, 5.74) is 0.514. The Morgan fingerprint density at radius 1 is 1.60 bits per heavy atom. The van der Waals surface area contributed by atoms with Crippen LogP contribution >= 0.6 is 15.9 Å². The van der Waals surface area contributed by atoms with Crippen molar-refractivity contribution in [1.29, 1.82) is 0 Å². The first-order chi connectivity index (χ1) is 7.19. The van der Waals surface area contributed by atoms with Crippen LogP contribution < -0.4 is 5.32 Å². The fourth-order valence-electron chi connectivity index (χ4n) is 1.28. The minimum Gasteiger partial charge on any atom is -0.300 e. The Morgan fingerprint density at radius 2 is 2.33 bits per heavy atom. The van der Waals surface area contributed by atoms with Gasteiger partial charge in [0.1, 0.15) is 5.82 Å². The molecular formula is C12H13BrFN. The lowest BCUT2D eigenvalue weighted by Gasteiger charge is -2.13. The molecule has 80 valence electrons. The van der Waals surface area contributed by atoms with Crippen molar-refractivity contribution in [3.63, 3.8) is 0 Å². The number of nitrogens with one attached hydrogen (secondary N) is 1. The quantitative estimate of drug-likeness (QED) is 0.828. The lowest BCUT2D eigenvalue weighted by molar-refractivity contribution is 0.562. The monoisotopic (exact) mass is 269 g/mol. The molecule has 0 bridgehead atoms. The van der Waals surface area contributed by atoms with Crippen molar-refractivity contribution in [2.24, 2.45) is 0 Å². The molecule has 0 saturated carbocycles. The predicted octanol–water partition coefficient (Wildman–Crippen LogP) is 3.26. The summed E-state index contributed by atoms with van der Waals surface area (Å²) in [6, 6.07) is 4.43. The second kappa shape index (κ2) is 5.89. The zero-order valence-electron chi connectivity index (χ0n) is 8.56. The van der Waals surface area contributed by atoms with Gasteiger partial charge in [0, 0.05) is 10.0 Å². The van der Waals surface area contributed by atoms with Crippen molar-refractivity contribution < 1.29 is 4.39 Å². The van der Waals surface area contributed by atoms with E-state index in [4.69, 9.17) is 6.42 Å². The lowest BCUT2D eigenvalue weighted by atomic mass is 10.1. The van der Waals surface area contributed by atoms with Gasteiger partial charge in [0.05, 0.1) is 6.04 Å². The maximum Gasteiger partial charge on any atom is 0.129 e. The Hall–Kier alpha value is -0.850. The molecule has 1 aromatic rings. The Bertz CT molecular complexity index is 370. The summed E-state index contributed by atoms with van der Waals surface area (Å²) in [6.45, 7) is 2.82. The average molecular weight is 270 g/mol. The molecule has 1 unspecified atom stereocenters. The van der Waals surface area contributed by atoms with Gasteiger partial charge in [0.2, 0.25) is 0 Å². The first kappa shape index (κ1) is 12.2. The van der Waals surface area contributed by atoms with Crippen molar-refractivity contribution in [2.75, 3.05) is 6.54 Å². The zero-order chi connectivity index (χ0) is 11.3. The summed E-state index contributed by atoms with van der Waals surface area (Å²) < 4.78 is 14.3. The molecule has 0 aliphatic carbocycles. The number of rotatable bonds is 4. The predicted molar refractivity (Wildman–Crippen MR) is 64.0 cm³/mol. The number of hydrogen-bond acceptors (Lipinski definition) is 1. The highest BCUT2D eigenvalue weighted by Crippen LogP contribution is 2.21. The molecule has 0 amide bonds. The molecule has 0 radical (unpaired) electrons. The Balaban J connectivity index is 2.91. The number of hydrogen-bond donors (Lipinski definition) is 1. The third-order valence-electron chi connectivity index (χ3n) is 2.03. The average Bonchev–Trinajstić information content (AvgIpc) is 2.24. The van der Waals surface area contributed by atoms with Gasteiger partial charge in [-0.05, 0) is 31.2 Å². The van der Waals surface area contributed by atoms with E-state index < -0.39 is 0 Å². The highest BCUT2D eigenvalue weighted by molar-refractivity contribution is 9.10. The first-order valence-electron chi connectivity index (χ1n) is 4.83. The number of benzene rings is 1. The molecule has 15 heavy (non-hydrogen) atoms. The molecule has 1 aromatic carbocycles. The van der Waals surface area contributed by atoms with Crippen LogP contribution in [-0.2, 0) is 0 Å². The second-order valence-electron chi connectivity index (χ2n) is 3.22. The van der Waals surface area contributed by atoms with E-state index >= 15 is 0 Å². The summed E-state index contributed by atoms with van der Waals surface area (Å²) >= 11 is 3.30. The van der Waals surface area contributed by atoms with Crippen LogP contribution in [0.4, 0.5) is 4.39 Å². The Morgan fingerprint density at radius 3 is 2.93 bits per heavy atom. The minimum atomic E-state index is -0.359. The Kier molecular flexibility index (Phi) is 4.80. The van der Waals surface area contributed by atoms with Crippen molar-refractivity contribution in [3.8, 4) is 12.3 Å². The Labute approximate surface area is 98.2 Å². The van der Waals surface area contributed by atoms with Gasteiger partial charge in [-0.3, -0.25) is 5.32 Å². The third kappa shape index (κ3) is 3.33. The van der Waals surface area contributed by atoms with E-state index in [0.717, 1.165) is 17.4 Å². The van der Waals surface area contributed by atoms with Crippen LogP contribution in [0.1, 0.15) is 24.9 Å². The van der Waals surface area contributed by atoms with Crippen LogP contribution in [0.15, 0.2) is 22.7 Å². The summed E-state index contributed by atoms with van der Waals surface area (Å²) in [5.74, 6) is 2.28.